The Morgan fingerprint density at radius 2 is 1.73 bits per heavy atom. The third kappa shape index (κ3) is 7.37. The van der Waals surface area contributed by atoms with E-state index in [9.17, 15) is 28.0 Å². The van der Waals surface area contributed by atoms with Crippen molar-refractivity contribution in [1.29, 1.82) is 0 Å². The molecule has 0 atom stereocenters. The first-order valence-electron chi connectivity index (χ1n) is 10.4. The largest absolute Gasteiger partial charge is 0.456 e. The third-order valence-corrected chi connectivity index (χ3v) is 4.74. The number of ether oxygens (including phenoxy) is 1. The molecular formula is C23H23F2N3O5. The molecule has 0 aromatic heterocycles. The Morgan fingerprint density at radius 3 is 2.45 bits per heavy atom. The van der Waals surface area contributed by atoms with E-state index in [1.165, 1.54) is 0 Å². The standard InChI is InChI=1S/C23H23F2N3O5/c24-14-7-10-16(18(25)12-14)22(31)26-11-3-6-21(30)33-13-20(29)28-19-5-2-1-4-17(19)23(32)27-15-8-9-15/h1-2,4-5,7,10,12,15H,3,6,8-9,11,13H2,(H,26,31)(H,27,32)(H,28,29). The van der Waals surface area contributed by atoms with Crippen LogP contribution in [0.2, 0.25) is 0 Å². The lowest BCUT2D eigenvalue weighted by Gasteiger charge is -2.11. The highest BCUT2D eigenvalue weighted by Crippen LogP contribution is 2.21. The lowest BCUT2D eigenvalue weighted by atomic mass is 10.1. The van der Waals surface area contributed by atoms with Gasteiger partial charge >= 0.3 is 5.97 Å². The second kappa shape index (κ2) is 11.2. The van der Waals surface area contributed by atoms with Gasteiger partial charge in [-0.2, -0.15) is 0 Å². The van der Waals surface area contributed by atoms with Gasteiger partial charge in [-0.25, -0.2) is 8.78 Å². The fraction of sp³-hybridized carbons (Fsp3) is 0.304. The molecule has 0 saturated heterocycles. The zero-order valence-electron chi connectivity index (χ0n) is 17.7. The summed E-state index contributed by atoms with van der Waals surface area (Å²) in [5.41, 5.74) is 0.326. The number of hydrogen-bond donors (Lipinski definition) is 3. The first-order chi connectivity index (χ1) is 15.8. The normalized spacial score (nSPS) is 12.5. The van der Waals surface area contributed by atoms with Crippen molar-refractivity contribution in [1.82, 2.24) is 10.6 Å². The van der Waals surface area contributed by atoms with E-state index in [4.69, 9.17) is 4.74 Å². The molecule has 2 aromatic carbocycles. The highest BCUT2D eigenvalue weighted by molar-refractivity contribution is 6.04. The molecule has 8 nitrogen and oxygen atoms in total. The molecule has 0 spiro atoms. The molecule has 1 saturated carbocycles. The van der Waals surface area contributed by atoms with E-state index in [2.05, 4.69) is 16.0 Å². The van der Waals surface area contributed by atoms with Crippen LogP contribution in [0, 0.1) is 11.6 Å². The van der Waals surface area contributed by atoms with Crippen LogP contribution in [0.4, 0.5) is 14.5 Å². The molecule has 2 aromatic rings. The molecule has 3 N–H and O–H groups in total. The Morgan fingerprint density at radius 1 is 0.970 bits per heavy atom. The summed E-state index contributed by atoms with van der Waals surface area (Å²) in [6.45, 7) is -0.481. The quantitative estimate of drug-likeness (QED) is 0.373. The van der Waals surface area contributed by atoms with E-state index >= 15 is 0 Å². The van der Waals surface area contributed by atoms with E-state index < -0.39 is 36.0 Å². The summed E-state index contributed by atoms with van der Waals surface area (Å²) in [4.78, 5) is 48.1. The van der Waals surface area contributed by atoms with Crippen LogP contribution in [0.15, 0.2) is 42.5 Å². The molecule has 174 valence electrons. The fourth-order valence-corrected chi connectivity index (χ4v) is 2.89. The van der Waals surface area contributed by atoms with Crippen LogP contribution < -0.4 is 16.0 Å². The van der Waals surface area contributed by atoms with Crippen molar-refractivity contribution in [2.75, 3.05) is 18.5 Å². The third-order valence-electron chi connectivity index (χ3n) is 4.74. The van der Waals surface area contributed by atoms with Crippen molar-refractivity contribution in [2.45, 2.75) is 31.7 Å². The lowest BCUT2D eigenvalue weighted by molar-refractivity contribution is -0.147. The van der Waals surface area contributed by atoms with Gasteiger partial charge in [-0.05, 0) is 43.5 Å². The van der Waals surface area contributed by atoms with E-state index in [1.54, 1.807) is 24.3 Å². The molecule has 0 bridgehead atoms. The minimum atomic E-state index is -0.982. The van der Waals surface area contributed by atoms with Gasteiger partial charge in [0.15, 0.2) is 6.61 Å². The maximum absolute atomic E-state index is 13.6. The van der Waals surface area contributed by atoms with E-state index in [-0.39, 0.29) is 36.9 Å². The number of hydrogen-bond acceptors (Lipinski definition) is 5. The summed E-state index contributed by atoms with van der Waals surface area (Å²) in [6, 6.07) is 9.29. The number of nitrogens with one attached hydrogen (secondary N) is 3. The lowest BCUT2D eigenvalue weighted by Crippen LogP contribution is -2.28. The molecule has 1 fully saturated rings. The molecule has 3 amide bonds. The van der Waals surface area contributed by atoms with Gasteiger partial charge in [-0.1, -0.05) is 12.1 Å². The maximum Gasteiger partial charge on any atom is 0.306 e. The van der Waals surface area contributed by atoms with E-state index in [0.29, 0.717) is 17.3 Å². The Bertz CT molecular complexity index is 1060. The van der Waals surface area contributed by atoms with Crippen LogP contribution in [0.1, 0.15) is 46.4 Å². The summed E-state index contributed by atoms with van der Waals surface area (Å²) < 4.78 is 31.4. The van der Waals surface area contributed by atoms with Crippen LogP contribution in [-0.4, -0.2) is 42.9 Å². The highest BCUT2D eigenvalue weighted by atomic mass is 19.1. The number of amides is 3. The number of anilines is 1. The average Bonchev–Trinajstić information content (AvgIpc) is 3.59. The number of para-hydroxylation sites is 1. The second-order valence-electron chi connectivity index (χ2n) is 7.49. The zero-order valence-corrected chi connectivity index (χ0v) is 17.7. The van der Waals surface area contributed by atoms with Crippen LogP contribution >= 0.6 is 0 Å². The zero-order chi connectivity index (χ0) is 23.8. The predicted octanol–water partition coefficient (Wildman–Crippen LogP) is 2.55. The first kappa shape index (κ1) is 23.8. The van der Waals surface area contributed by atoms with Gasteiger partial charge in [-0.3, -0.25) is 19.2 Å². The molecule has 33 heavy (non-hydrogen) atoms. The van der Waals surface area contributed by atoms with E-state index in [1.807, 2.05) is 0 Å². The van der Waals surface area contributed by atoms with Gasteiger partial charge < -0.3 is 20.7 Å². The van der Waals surface area contributed by atoms with Gasteiger partial charge in [0.25, 0.3) is 17.7 Å². The number of halogens is 2. The van der Waals surface area contributed by atoms with Crippen LogP contribution in [-0.2, 0) is 14.3 Å². The minimum Gasteiger partial charge on any atom is -0.456 e. The summed E-state index contributed by atoms with van der Waals surface area (Å²) in [5.74, 6) is -4.05. The molecule has 3 rings (SSSR count). The van der Waals surface area contributed by atoms with Crippen molar-refractivity contribution in [3.63, 3.8) is 0 Å². The summed E-state index contributed by atoms with van der Waals surface area (Å²) in [5, 5.41) is 7.82. The predicted molar refractivity (Wildman–Crippen MR) is 114 cm³/mol. The van der Waals surface area contributed by atoms with Crippen molar-refractivity contribution in [3.8, 4) is 0 Å². The van der Waals surface area contributed by atoms with Crippen LogP contribution in [0.3, 0.4) is 0 Å². The first-order valence-corrected chi connectivity index (χ1v) is 10.4. The molecule has 1 aliphatic rings. The van der Waals surface area contributed by atoms with Crippen LogP contribution in [0.25, 0.3) is 0 Å². The highest BCUT2D eigenvalue weighted by Gasteiger charge is 2.25. The summed E-state index contributed by atoms with van der Waals surface area (Å²) in [6.07, 6.45) is 1.98. The van der Waals surface area contributed by atoms with Gasteiger partial charge in [0, 0.05) is 25.1 Å². The number of esters is 1. The molecule has 0 aliphatic heterocycles. The summed E-state index contributed by atoms with van der Waals surface area (Å²) >= 11 is 0. The van der Waals surface area contributed by atoms with Gasteiger partial charge in [-0.15, -0.1) is 0 Å². The minimum absolute atomic E-state index is 0.0560. The van der Waals surface area contributed by atoms with Crippen molar-refractivity contribution in [2.24, 2.45) is 0 Å². The SMILES string of the molecule is O=C(COC(=O)CCCNC(=O)c1ccc(F)cc1F)Nc1ccccc1C(=O)NC1CC1. The van der Waals surface area contributed by atoms with Gasteiger partial charge in [0.1, 0.15) is 11.6 Å². The topological polar surface area (TPSA) is 114 Å². The van der Waals surface area contributed by atoms with Gasteiger partial charge in [0.2, 0.25) is 0 Å². The smallest absolute Gasteiger partial charge is 0.306 e. The number of rotatable bonds is 10. The summed E-state index contributed by atoms with van der Waals surface area (Å²) in [7, 11) is 0. The number of carbonyl (C=O) groups excluding carboxylic acids is 4. The molecule has 10 heteroatoms. The Balaban J connectivity index is 1.36. The second-order valence-corrected chi connectivity index (χ2v) is 7.49. The molecule has 0 unspecified atom stereocenters. The molecule has 0 heterocycles. The van der Waals surface area contributed by atoms with Crippen LogP contribution in [0.5, 0.6) is 0 Å². The van der Waals surface area contributed by atoms with Gasteiger partial charge in [0.05, 0.1) is 16.8 Å². The number of benzene rings is 2. The van der Waals surface area contributed by atoms with E-state index in [0.717, 1.165) is 25.0 Å². The Labute approximate surface area is 188 Å². The maximum atomic E-state index is 13.6. The Hall–Kier alpha value is -3.82. The molecule has 1 aliphatic carbocycles. The monoisotopic (exact) mass is 459 g/mol. The molecule has 0 radical (unpaired) electrons. The van der Waals surface area contributed by atoms with Crippen molar-refractivity contribution < 1.29 is 32.7 Å². The fourth-order valence-electron chi connectivity index (χ4n) is 2.89. The average molecular weight is 459 g/mol. The van der Waals surface area contributed by atoms with Crippen molar-refractivity contribution >= 4 is 29.4 Å². The number of carbonyl (C=O) groups is 4. The van der Waals surface area contributed by atoms with Crippen molar-refractivity contribution in [3.05, 3.63) is 65.2 Å². The molecular weight excluding hydrogens is 436 g/mol. The Kier molecular flexibility index (Phi) is 8.06.